The molecule has 39 heavy (non-hydrogen) atoms. The Morgan fingerprint density at radius 3 is 2.87 bits per heavy atom. The Balaban J connectivity index is 1.36. The molecule has 2 aromatic heterocycles. The number of benzene rings is 1. The summed E-state index contributed by atoms with van der Waals surface area (Å²) in [4.78, 5) is 25.0. The zero-order valence-corrected chi connectivity index (χ0v) is 23.4. The second-order valence-electron chi connectivity index (χ2n) is 10.7. The summed E-state index contributed by atoms with van der Waals surface area (Å²) in [6.45, 7) is 9.06. The molecule has 1 amide bonds. The van der Waals surface area contributed by atoms with Gasteiger partial charge in [-0.3, -0.25) is 9.79 Å². The number of hydrogen-bond donors (Lipinski definition) is 1. The van der Waals surface area contributed by atoms with Crippen LogP contribution in [0.2, 0.25) is 0 Å². The molecule has 2 atom stereocenters. The highest BCUT2D eigenvalue weighted by Crippen LogP contribution is 2.29. The molecule has 2 aliphatic heterocycles. The molecule has 0 saturated carbocycles. The van der Waals surface area contributed by atoms with Crippen LogP contribution in [-0.2, 0) is 4.79 Å². The number of carbonyl (C=O) groups excluding carboxylic acids is 1. The summed E-state index contributed by atoms with van der Waals surface area (Å²) in [6, 6.07) is 10.3. The van der Waals surface area contributed by atoms with Crippen LogP contribution < -0.4 is 10.8 Å². The van der Waals surface area contributed by atoms with Gasteiger partial charge in [-0.1, -0.05) is 49.4 Å². The van der Waals surface area contributed by atoms with Crippen LogP contribution in [-0.4, -0.2) is 65.6 Å². The molecule has 4 heterocycles. The van der Waals surface area contributed by atoms with Gasteiger partial charge in [0.05, 0.1) is 5.69 Å². The molecule has 200 valence electrons. The molecular weight excluding hydrogens is 483 g/mol. The lowest BCUT2D eigenvalue weighted by atomic mass is 9.93. The quantitative estimate of drug-likeness (QED) is 0.379. The van der Waals surface area contributed by atoms with E-state index < -0.39 is 0 Å². The Hall–Kier alpha value is -3.94. The highest BCUT2D eigenvalue weighted by Gasteiger charge is 2.27. The third kappa shape index (κ3) is 6.05. The second kappa shape index (κ2) is 11.8. The first-order valence-corrected chi connectivity index (χ1v) is 13.9. The molecule has 8 heteroatoms. The van der Waals surface area contributed by atoms with Crippen molar-refractivity contribution in [3.8, 4) is 0 Å². The maximum Gasteiger partial charge on any atom is 0.249 e. The Bertz CT molecular complexity index is 1480. The van der Waals surface area contributed by atoms with Gasteiger partial charge in [-0.25, -0.2) is 4.98 Å². The number of fused-ring (bicyclic) bond motifs is 1. The molecule has 3 aromatic rings. The van der Waals surface area contributed by atoms with Crippen molar-refractivity contribution in [1.29, 1.82) is 0 Å². The minimum absolute atomic E-state index is 0.0904. The van der Waals surface area contributed by atoms with Crippen LogP contribution >= 0.6 is 0 Å². The summed E-state index contributed by atoms with van der Waals surface area (Å²) in [6.07, 6.45) is 14.1. The van der Waals surface area contributed by atoms with E-state index in [0.29, 0.717) is 19.0 Å². The summed E-state index contributed by atoms with van der Waals surface area (Å²) in [7, 11) is 2.04. The van der Waals surface area contributed by atoms with Crippen LogP contribution in [0.5, 0.6) is 0 Å². The van der Waals surface area contributed by atoms with Crippen molar-refractivity contribution in [1.82, 2.24) is 19.5 Å². The van der Waals surface area contributed by atoms with E-state index in [1.807, 2.05) is 67.8 Å². The molecule has 2 aliphatic rings. The molecule has 1 N–H and O–H groups in total. The van der Waals surface area contributed by atoms with E-state index in [4.69, 9.17) is 4.98 Å². The topological polar surface area (TPSA) is 74.9 Å². The lowest BCUT2D eigenvalue weighted by Gasteiger charge is -2.33. The van der Waals surface area contributed by atoms with Crippen LogP contribution in [0.25, 0.3) is 17.8 Å². The number of anilines is 1. The van der Waals surface area contributed by atoms with Gasteiger partial charge in [0.2, 0.25) is 5.91 Å². The normalized spacial score (nSPS) is 20.0. The van der Waals surface area contributed by atoms with Gasteiger partial charge in [0.15, 0.2) is 5.65 Å². The number of nitrogens with one attached hydrogen (secondary N) is 1. The average molecular weight is 520 g/mol. The first-order valence-electron chi connectivity index (χ1n) is 13.9. The standard InChI is InChI=1S/C31H37BN6O/c1-4-8-24-9-5-6-10-25(24)14-22(3)31(39)37-12-7-11-26(20-37)28-15-29(38-30(36-28)27(32)19-35-38)34-18-23-13-21(2)16-33-17-23/h4-6,8-10,13-15,17,19,21,26,34H,7,11-12,16,18,20,32H2,1-3H3/b8-4+,22-14+. The third-order valence-corrected chi connectivity index (χ3v) is 7.47. The molecule has 0 bridgehead atoms. The van der Waals surface area contributed by atoms with E-state index >= 15 is 0 Å². The highest BCUT2D eigenvalue weighted by molar-refractivity contribution is 6.36. The monoisotopic (exact) mass is 520 g/mol. The number of rotatable bonds is 7. The van der Waals surface area contributed by atoms with Crippen molar-refractivity contribution in [2.24, 2.45) is 10.9 Å². The molecule has 0 spiro atoms. The lowest BCUT2D eigenvalue weighted by Crippen LogP contribution is -2.39. The summed E-state index contributed by atoms with van der Waals surface area (Å²) < 4.78 is 1.88. The maximum absolute atomic E-state index is 13.5. The van der Waals surface area contributed by atoms with E-state index in [1.54, 1.807) is 0 Å². The van der Waals surface area contributed by atoms with Crippen molar-refractivity contribution in [3.63, 3.8) is 0 Å². The van der Waals surface area contributed by atoms with Gasteiger partial charge in [-0.05, 0) is 60.8 Å². The van der Waals surface area contributed by atoms with E-state index in [2.05, 4.69) is 52.7 Å². The second-order valence-corrected chi connectivity index (χ2v) is 10.7. The van der Waals surface area contributed by atoms with E-state index in [0.717, 1.165) is 65.3 Å². The molecular formula is C31H37BN6O. The van der Waals surface area contributed by atoms with Crippen LogP contribution in [0, 0.1) is 5.92 Å². The predicted molar refractivity (Wildman–Crippen MR) is 164 cm³/mol. The Morgan fingerprint density at radius 1 is 1.26 bits per heavy atom. The van der Waals surface area contributed by atoms with Crippen LogP contribution in [0.3, 0.4) is 0 Å². The number of carbonyl (C=O) groups is 1. The molecule has 0 radical (unpaired) electrons. The highest BCUT2D eigenvalue weighted by atomic mass is 16.2. The Kier molecular flexibility index (Phi) is 8.10. The first-order chi connectivity index (χ1) is 18.9. The number of aromatic nitrogens is 3. The van der Waals surface area contributed by atoms with Gasteiger partial charge in [0.25, 0.3) is 0 Å². The fraction of sp³-hybridized carbons (Fsp3) is 0.355. The molecule has 1 saturated heterocycles. The molecule has 5 rings (SSSR count). The Morgan fingerprint density at radius 2 is 2.08 bits per heavy atom. The lowest BCUT2D eigenvalue weighted by molar-refractivity contribution is -0.128. The van der Waals surface area contributed by atoms with Gasteiger partial charge in [-0.2, -0.15) is 9.61 Å². The molecule has 0 aliphatic carbocycles. The predicted octanol–water partition coefficient (Wildman–Crippen LogP) is 3.89. The number of likely N-dealkylation sites (tertiary alicyclic amines) is 1. The maximum atomic E-state index is 13.5. The van der Waals surface area contributed by atoms with Crippen molar-refractivity contribution < 1.29 is 4.79 Å². The van der Waals surface area contributed by atoms with Gasteiger partial charge >= 0.3 is 0 Å². The zero-order valence-electron chi connectivity index (χ0n) is 23.4. The molecule has 1 aromatic carbocycles. The third-order valence-electron chi connectivity index (χ3n) is 7.47. The first kappa shape index (κ1) is 26.7. The smallest absolute Gasteiger partial charge is 0.249 e. The number of amides is 1. The van der Waals surface area contributed by atoms with E-state index in [-0.39, 0.29) is 11.8 Å². The van der Waals surface area contributed by atoms with Crippen molar-refractivity contribution >= 4 is 49.0 Å². The fourth-order valence-electron chi connectivity index (χ4n) is 5.44. The largest absolute Gasteiger partial charge is 0.366 e. The SMILES string of the molecule is Bc1cnn2c(NCC3=CC(C)CN=C3)cc(C3CCCN(C(=O)/C(C)=C/c4ccccc4/C=C/C)C3)nc12. The number of allylic oxidation sites excluding steroid dienone is 1. The van der Waals surface area contributed by atoms with Crippen molar-refractivity contribution in [3.05, 3.63) is 76.6 Å². The molecule has 1 fully saturated rings. The zero-order chi connectivity index (χ0) is 27.4. The molecule has 7 nitrogen and oxygen atoms in total. The average Bonchev–Trinajstić information content (AvgIpc) is 3.33. The van der Waals surface area contributed by atoms with E-state index in [9.17, 15) is 4.79 Å². The summed E-state index contributed by atoms with van der Waals surface area (Å²) in [5.74, 6) is 1.62. The van der Waals surface area contributed by atoms with Crippen LogP contribution in [0.1, 0.15) is 56.4 Å². The van der Waals surface area contributed by atoms with Crippen molar-refractivity contribution in [2.45, 2.75) is 39.5 Å². The fourth-order valence-corrected chi connectivity index (χ4v) is 5.44. The number of hydrogen-bond acceptors (Lipinski definition) is 5. The summed E-state index contributed by atoms with van der Waals surface area (Å²) >= 11 is 0. The van der Waals surface area contributed by atoms with Crippen molar-refractivity contribution in [2.75, 3.05) is 31.5 Å². The summed E-state index contributed by atoms with van der Waals surface area (Å²) in [5.41, 5.74) is 7.00. The minimum Gasteiger partial charge on any atom is -0.366 e. The molecule has 2 unspecified atom stereocenters. The number of aliphatic imine (C=N–C) groups is 1. The van der Waals surface area contributed by atoms with E-state index in [1.165, 1.54) is 5.57 Å². The summed E-state index contributed by atoms with van der Waals surface area (Å²) in [5, 5.41) is 8.14. The van der Waals surface area contributed by atoms with Gasteiger partial charge in [0, 0.05) is 56.1 Å². The number of nitrogens with zero attached hydrogens (tertiary/aromatic N) is 5. The number of dihydropyridines is 1. The van der Waals surface area contributed by atoms with Crippen LogP contribution in [0.4, 0.5) is 5.82 Å². The minimum atomic E-state index is 0.0904. The Labute approximate surface area is 231 Å². The number of piperidine rings is 1. The van der Waals surface area contributed by atoms with Gasteiger partial charge in [0.1, 0.15) is 13.7 Å². The van der Waals surface area contributed by atoms with Gasteiger partial charge in [-0.15, -0.1) is 0 Å². The van der Waals surface area contributed by atoms with Crippen LogP contribution in [0.15, 0.2) is 64.8 Å². The van der Waals surface area contributed by atoms with Gasteiger partial charge < -0.3 is 10.2 Å².